The predicted molar refractivity (Wildman–Crippen MR) is 95.6 cm³/mol. The molecule has 0 aliphatic rings. The molecule has 0 aliphatic carbocycles. The number of benzene rings is 1. The van der Waals surface area contributed by atoms with Gasteiger partial charge >= 0.3 is 0 Å². The van der Waals surface area contributed by atoms with Crippen molar-refractivity contribution in [2.45, 2.75) is 13.0 Å². The van der Waals surface area contributed by atoms with Crippen LogP contribution < -0.4 is 10.1 Å². The van der Waals surface area contributed by atoms with Crippen LogP contribution in [-0.2, 0) is 0 Å². The van der Waals surface area contributed by atoms with E-state index in [0.717, 1.165) is 10.4 Å². The molecule has 24 heavy (non-hydrogen) atoms. The lowest BCUT2D eigenvalue weighted by Gasteiger charge is -2.18. The molecule has 2 heterocycles. The Bertz CT molecular complexity index is 796. The van der Waals surface area contributed by atoms with Crippen LogP contribution in [0.3, 0.4) is 0 Å². The Balaban J connectivity index is 1.86. The fraction of sp³-hybridized carbons (Fsp3) is 0.158. The van der Waals surface area contributed by atoms with Crippen LogP contribution in [0.2, 0.25) is 0 Å². The Morgan fingerprint density at radius 1 is 1.17 bits per heavy atom. The van der Waals surface area contributed by atoms with E-state index in [0.29, 0.717) is 11.4 Å². The first-order valence-corrected chi connectivity index (χ1v) is 8.46. The molecule has 122 valence electrons. The van der Waals surface area contributed by atoms with E-state index in [1.54, 1.807) is 30.6 Å². The minimum Gasteiger partial charge on any atom is -0.481 e. The standard InChI is InChI=1S/C19H18N2O2S/c1-13-5-7-14(8-6-13)18(16-4-3-11-24-16)21-19(22)15-9-10-17(23-2)20-12-15/h3-12,18H,1-2H3,(H,21,22). The van der Waals surface area contributed by atoms with E-state index in [9.17, 15) is 4.79 Å². The SMILES string of the molecule is COc1ccc(C(=O)NC(c2ccc(C)cc2)c2cccs2)cn1. The van der Waals surface area contributed by atoms with Gasteiger partial charge in [-0.2, -0.15) is 0 Å². The van der Waals surface area contributed by atoms with Gasteiger partial charge in [0.05, 0.1) is 18.7 Å². The molecule has 3 rings (SSSR count). The number of hydrogen-bond donors (Lipinski definition) is 1. The number of pyridine rings is 1. The van der Waals surface area contributed by atoms with Crippen LogP contribution in [0.5, 0.6) is 5.88 Å². The Morgan fingerprint density at radius 2 is 1.96 bits per heavy atom. The summed E-state index contributed by atoms with van der Waals surface area (Å²) in [6, 6.07) is 15.4. The van der Waals surface area contributed by atoms with Crippen LogP contribution in [0.1, 0.15) is 32.4 Å². The summed E-state index contributed by atoms with van der Waals surface area (Å²) in [7, 11) is 1.55. The molecule has 1 aromatic carbocycles. The van der Waals surface area contributed by atoms with Crippen molar-refractivity contribution in [1.82, 2.24) is 10.3 Å². The molecule has 0 radical (unpaired) electrons. The Labute approximate surface area is 145 Å². The molecule has 5 heteroatoms. The number of amides is 1. The van der Waals surface area contributed by atoms with Gasteiger partial charge in [-0.05, 0) is 30.0 Å². The van der Waals surface area contributed by atoms with Gasteiger partial charge in [0.1, 0.15) is 0 Å². The summed E-state index contributed by atoms with van der Waals surface area (Å²) in [5, 5.41) is 5.11. The van der Waals surface area contributed by atoms with Crippen LogP contribution in [-0.4, -0.2) is 18.0 Å². The molecular weight excluding hydrogens is 320 g/mol. The van der Waals surface area contributed by atoms with E-state index in [1.807, 2.05) is 36.6 Å². The summed E-state index contributed by atoms with van der Waals surface area (Å²) in [5.74, 6) is 0.323. The van der Waals surface area contributed by atoms with Gasteiger partial charge in [-0.1, -0.05) is 35.9 Å². The fourth-order valence-electron chi connectivity index (χ4n) is 2.38. The molecule has 2 aromatic heterocycles. The third kappa shape index (κ3) is 3.63. The third-order valence-corrected chi connectivity index (χ3v) is 4.66. The zero-order valence-corrected chi connectivity index (χ0v) is 14.3. The van der Waals surface area contributed by atoms with Gasteiger partial charge < -0.3 is 10.1 Å². The van der Waals surface area contributed by atoms with Crippen molar-refractivity contribution >= 4 is 17.2 Å². The van der Waals surface area contributed by atoms with Crippen molar-refractivity contribution in [2.75, 3.05) is 7.11 Å². The van der Waals surface area contributed by atoms with Crippen molar-refractivity contribution in [3.05, 3.63) is 81.7 Å². The first-order chi connectivity index (χ1) is 11.7. The number of ether oxygens (including phenoxy) is 1. The zero-order valence-electron chi connectivity index (χ0n) is 13.5. The van der Waals surface area contributed by atoms with E-state index >= 15 is 0 Å². The van der Waals surface area contributed by atoms with Crippen molar-refractivity contribution in [2.24, 2.45) is 0 Å². The molecule has 4 nitrogen and oxygen atoms in total. The number of nitrogens with zero attached hydrogens (tertiary/aromatic N) is 1. The number of hydrogen-bond acceptors (Lipinski definition) is 4. The average molecular weight is 338 g/mol. The van der Waals surface area contributed by atoms with Crippen LogP contribution in [0.15, 0.2) is 60.1 Å². The normalized spacial score (nSPS) is 11.8. The first-order valence-electron chi connectivity index (χ1n) is 7.58. The monoisotopic (exact) mass is 338 g/mol. The summed E-state index contributed by atoms with van der Waals surface area (Å²) >= 11 is 1.62. The van der Waals surface area contributed by atoms with Gasteiger partial charge in [0.25, 0.3) is 5.91 Å². The molecule has 0 saturated heterocycles. The van der Waals surface area contributed by atoms with E-state index in [2.05, 4.69) is 22.4 Å². The van der Waals surface area contributed by atoms with Gasteiger partial charge in [-0.3, -0.25) is 4.79 Å². The quantitative estimate of drug-likeness (QED) is 0.765. The van der Waals surface area contributed by atoms with E-state index in [-0.39, 0.29) is 11.9 Å². The molecule has 1 N–H and O–H groups in total. The van der Waals surface area contributed by atoms with Crippen molar-refractivity contribution in [3.63, 3.8) is 0 Å². The highest BCUT2D eigenvalue weighted by Crippen LogP contribution is 2.26. The zero-order chi connectivity index (χ0) is 16.9. The lowest BCUT2D eigenvalue weighted by molar-refractivity contribution is 0.0943. The molecule has 0 aliphatic heterocycles. The Hall–Kier alpha value is -2.66. The number of carbonyl (C=O) groups is 1. The minimum absolute atomic E-state index is 0.163. The van der Waals surface area contributed by atoms with Crippen LogP contribution in [0.4, 0.5) is 0 Å². The maximum atomic E-state index is 12.6. The van der Waals surface area contributed by atoms with E-state index in [4.69, 9.17) is 4.74 Å². The highest BCUT2D eigenvalue weighted by atomic mass is 32.1. The van der Waals surface area contributed by atoms with Gasteiger partial charge in [0.15, 0.2) is 0 Å². The summed E-state index contributed by atoms with van der Waals surface area (Å²) in [6.45, 7) is 2.05. The van der Waals surface area contributed by atoms with Crippen molar-refractivity contribution < 1.29 is 9.53 Å². The van der Waals surface area contributed by atoms with Gasteiger partial charge in [0.2, 0.25) is 5.88 Å². The highest BCUT2D eigenvalue weighted by molar-refractivity contribution is 7.10. The second-order valence-electron chi connectivity index (χ2n) is 5.42. The minimum atomic E-state index is -0.180. The topological polar surface area (TPSA) is 51.2 Å². The molecular formula is C19H18N2O2S. The number of rotatable bonds is 5. The maximum absolute atomic E-state index is 12.6. The van der Waals surface area contributed by atoms with Gasteiger partial charge in [-0.25, -0.2) is 4.98 Å². The van der Waals surface area contributed by atoms with Gasteiger partial charge in [-0.15, -0.1) is 11.3 Å². The third-order valence-electron chi connectivity index (χ3n) is 3.72. The predicted octanol–water partition coefficient (Wildman–Crippen LogP) is 3.98. The molecule has 0 fully saturated rings. The Morgan fingerprint density at radius 3 is 2.54 bits per heavy atom. The number of aryl methyl sites for hydroxylation is 1. The van der Waals surface area contributed by atoms with Gasteiger partial charge in [0, 0.05) is 17.1 Å². The molecule has 0 bridgehead atoms. The smallest absolute Gasteiger partial charge is 0.253 e. The van der Waals surface area contributed by atoms with Crippen LogP contribution in [0.25, 0.3) is 0 Å². The number of methoxy groups -OCH3 is 1. The first kappa shape index (κ1) is 16.2. The summed E-state index contributed by atoms with van der Waals surface area (Å²) < 4.78 is 5.03. The summed E-state index contributed by atoms with van der Waals surface area (Å²) in [5.41, 5.74) is 2.75. The molecule has 0 spiro atoms. The summed E-state index contributed by atoms with van der Waals surface area (Å²) in [6.07, 6.45) is 1.52. The maximum Gasteiger partial charge on any atom is 0.253 e. The van der Waals surface area contributed by atoms with Crippen LogP contribution in [0, 0.1) is 6.92 Å². The van der Waals surface area contributed by atoms with Crippen molar-refractivity contribution in [3.8, 4) is 5.88 Å². The molecule has 0 saturated carbocycles. The fourth-order valence-corrected chi connectivity index (χ4v) is 3.19. The molecule has 1 atom stereocenters. The highest BCUT2D eigenvalue weighted by Gasteiger charge is 2.19. The van der Waals surface area contributed by atoms with E-state index < -0.39 is 0 Å². The lowest BCUT2D eigenvalue weighted by atomic mass is 10.0. The summed E-state index contributed by atoms with van der Waals surface area (Å²) in [4.78, 5) is 17.8. The number of nitrogens with one attached hydrogen (secondary N) is 1. The second-order valence-corrected chi connectivity index (χ2v) is 6.40. The molecule has 1 amide bonds. The van der Waals surface area contributed by atoms with E-state index in [1.165, 1.54) is 11.8 Å². The largest absolute Gasteiger partial charge is 0.481 e. The second kappa shape index (κ2) is 7.27. The number of aromatic nitrogens is 1. The molecule has 3 aromatic rings. The lowest BCUT2D eigenvalue weighted by Crippen LogP contribution is -2.28. The van der Waals surface area contributed by atoms with Crippen LogP contribution >= 0.6 is 11.3 Å². The molecule has 1 unspecified atom stereocenters. The number of carbonyl (C=O) groups excluding carboxylic acids is 1. The number of thiophene rings is 1. The average Bonchev–Trinajstić information content (AvgIpc) is 3.15. The Kier molecular flexibility index (Phi) is 4.91. The van der Waals surface area contributed by atoms with Crippen molar-refractivity contribution in [1.29, 1.82) is 0 Å².